The zero-order chi connectivity index (χ0) is 29.7. The van der Waals surface area contributed by atoms with Crippen LogP contribution < -0.4 is 0 Å². The monoisotopic (exact) mass is 632 g/mol. The van der Waals surface area contributed by atoms with Crippen molar-refractivity contribution in [3.63, 3.8) is 0 Å². The number of rotatable bonds is 5. The molecule has 0 aliphatic carbocycles. The predicted octanol–water partition coefficient (Wildman–Crippen LogP) is 10.9. The van der Waals surface area contributed by atoms with E-state index in [1.54, 1.807) is 24.3 Å². The van der Waals surface area contributed by atoms with Gasteiger partial charge in [0.2, 0.25) is 0 Å². The van der Waals surface area contributed by atoms with E-state index in [2.05, 4.69) is 28.1 Å². The molecule has 0 saturated carbocycles. The van der Waals surface area contributed by atoms with Crippen molar-refractivity contribution in [2.75, 3.05) is 0 Å². The van der Waals surface area contributed by atoms with Crippen molar-refractivity contribution < 1.29 is 26.3 Å². The van der Waals surface area contributed by atoms with Gasteiger partial charge in [-0.1, -0.05) is 59.3 Å². The summed E-state index contributed by atoms with van der Waals surface area (Å²) in [6.45, 7) is 1.89. The number of fused-ring (bicyclic) bond motifs is 2. The first-order chi connectivity index (χ1) is 20.2. The summed E-state index contributed by atoms with van der Waals surface area (Å²) >= 11 is 3.57. The molecule has 0 unspecified atom stereocenters. The fourth-order valence-corrected chi connectivity index (χ4v) is 6.23. The quantitative estimate of drug-likeness (QED) is 0.101. The van der Waals surface area contributed by atoms with E-state index in [1.165, 1.54) is 0 Å². The van der Waals surface area contributed by atoms with Gasteiger partial charge in [0, 0.05) is 16.3 Å². The lowest BCUT2D eigenvalue weighted by atomic mass is 9.81. The molecule has 0 aliphatic heterocycles. The number of hydrogen-bond donors (Lipinski definition) is 0. The third-order valence-corrected chi connectivity index (χ3v) is 8.05. The number of halogens is 7. The van der Waals surface area contributed by atoms with Crippen LogP contribution in [0.4, 0.5) is 26.3 Å². The van der Waals surface area contributed by atoms with E-state index in [1.807, 2.05) is 31.2 Å². The Morgan fingerprint density at radius 2 is 1.19 bits per heavy atom. The lowest BCUT2D eigenvalue weighted by molar-refractivity contribution is 0.447. The summed E-state index contributed by atoms with van der Waals surface area (Å²) in [6.07, 6.45) is 0.407. The fraction of sp³-hybridized carbons (Fsp3) is 0.0857. The maximum absolute atomic E-state index is 14.4. The molecule has 7 heteroatoms. The van der Waals surface area contributed by atoms with Gasteiger partial charge in [-0.3, -0.25) is 0 Å². The van der Waals surface area contributed by atoms with Crippen molar-refractivity contribution in [1.29, 1.82) is 0 Å². The summed E-state index contributed by atoms with van der Waals surface area (Å²) < 4.78 is 85.6. The molecule has 0 heterocycles. The third kappa shape index (κ3) is 4.51. The van der Waals surface area contributed by atoms with Gasteiger partial charge >= 0.3 is 0 Å². The van der Waals surface area contributed by atoms with Crippen LogP contribution in [0.15, 0.2) is 72.8 Å². The van der Waals surface area contributed by atoms with Crippen molar-refractivity contribution in [2.24, 2.45) is 0 Å². The van der Waals surface area contributed by atoms with Crippen LogP contribution in [0.3, 0.4) is 0 Å². The second kappa shape index (κ2) is 10.8. The van der Waals surface area contributed by atoms with Gasteiger partial charge in [-0.25, -0.2) is 26.3 Å². The molecular weight excluding hydrogens is 614 g/mol. The van der Waals surface area contributed by atoms with Crippen LogP contribution in [0.5, 0.6) is 0 Å². The Bertz CT molecular complexity index is 1840. The minimum absolute atomic E-state index is 0.143. The Balaban J connectivity index is 1.80. The minimum atomic E-state index is -1.56. The third-order valence-electron chi connectivity index (χ3n) is 7.49. The highest BCUT2D eigenvalue weighted by atomic mass is 79.9. The first kappa shape index (κ1) is 27.9. The van der Waals surface area contributed by atoms with Gasteiger partial charge in [-0.15, -0.1) is 0 Å². The molecule has 0 aliphatic rings. The van der Waals surface area contributed by atoms with E-state index in [0.717, 1.165) is 35.0 Å². The van der Waals surface area contributed by atoms with E-state index in [9.17, 15) is 26.3 Å². The van der Waals surface area contributed by atoms with E-state index >= 15 is 0 Å². The normalized spacial score (nSPS) is 11.3. The molecule has 0 fully saturated rings. The standard InChI is InChI=1S/C35H19BrF6/c1-2-22-25(20-13-28(37)34(41)29(38)14-20)11-18-7-3-5-9-23(18)32(22)33-24-10-6-4-8-19(24)12-26(27(33)17-36)21-15-30(39)35(42)31(40)16-21/h3-4,6-8,10-16H,2,17H2,1H3. The van der Waals surface area contributed by atoms with Crippen LogP contribution in [-0.4, -0.2) is 0 Å². The van der Waals surface area contributed by atoms with E-state index < -0.39 is 34.9 Å². The zero-order valence-electron chi connectivity index (χ0n) is 22.0. The van der Waals surface area contributed by atoms with Crippen molar-refractivity contribution in [1.82, 2.24) is 0 Å². The Morgan fingerprint density at radius 3 is 1.76 bits per heavy atom. The highest BCUT2D eigenvalue weighted by Gasteiger charge is 2.24. The smallest absolute Gasteiger partial charge is 0.194 e. The molecule has 0 amide bonds. The van der Waals surface area contributed by atoms with E-state index in [4.69, 9.17) is 0 Å². The molecule has 0 spiro atoms. The summed E-state index contributed by atoms with van der Waals surface area (Å²) in [7, 11) is 0. The van der Waals surface area contributed by atoms with Crippen molar-refractivity contribution >= 4 is 37.5 Å². The fourth-order valence-electron chi connectivity index (χ4n) is 5.65. The van der Waals surface area contributed by atoms with Gasteiger partial charge in [0.1, 0.15) is 0 Å². The summed E-state index contributed by atoms with van der Waals surface area (Å²) in [6, 6.07) is 24.5. The second-order valence-electron chi connectivity index (χ2n) is 9.84. The number of alkyl halides is 1. The highest BCUT2D eigenvalue weighted by Crippen LogP contribution is 2.46. The molecule has 0 bridgehead atoms. The van der Waals surface area contributed by atoms with Crippen LogP contribution in [0.2, 0.25) is 0 Å². The Morgan fingerprint density at radius 1 is 0.643 bits per heavy atom. The molecule has 0 nitrogen and oxygen atoms in total. The highest BCUT2D eigenvalue weighted by molar-refractivity contribution is 9.08. The van der Waals surface area contributed by atoms with E-state index in [0.29, 0.717) is 50.6 Å². The summed E-state index contributed by atoms with van der Waals surface area (Å²) in [4.78, 5) is 0. The maximum Gasteiger partial charge on any atom is 0.194 e. The molecule has 6 aromatic rings. The molecule has 6 aromatic carbocycles. The van der Waals surface area contributed by atoms with Crippen molar-refractivity contribution in [3.8, 4) is 33.4 Å². The van der Waals surface area contributed by atoms with Crippen molar-refractivity contribution in [3.05, 3.63) is 131 Å². The average Bonchev–Trinajstić information content (AvgIpc) is 3.00. The molecule has 0 radical (unpaired) electrons. The van der Waals surface area contributed by atoms with Crippen LogP contribution in [0.1, 0.15) is 18.1 Å². The number of hydrogen-bond acceptors (Lipinski definition) is 0. The van der Waals surface area contributed by atoms with E-state index in [-0.39, 0.29) is 16.5 Å². The maximum atomic E-state index is 14.4. The molecule has 0 N–H and O–H groups in total. The number of benzene rings is 5. The second-order valence-corrected chi connectivity index (χ2v) is 10.4. The predicted molar refractivity (Wildman–Crippen MR) is 157 cm³/mol. The molecule has 6 rings (SSSR count). The molecule has 42 heavy (non-hydrogen) atoms. The molecule has 0 atom stereocenters. The van der Waals surface area contributed by atoms with Gasteiger partial charge in [-0.2, -0.15) is 0 Å². The Kier molecular flexibility index (Phi) is 7.20. The van der Waals surface area contributed by atoms with Crippen LogP contribution in [0.25, 0.3) is 54.9 Å². The molecular formula is C35H19BrF6. The minimum Gasteiger partial charge on any atom is -0.204 e. The van der Waals surface area contributed by atoms with Crippen molar-refractivity contribution in [2.45, 2.75) is 18.7 Å². The molecule has 0 saturated heterocycles. The molecule has 0 aromatic heterocycles. The lowest BCUT2D eigenvalue weighted by Gasteiger charge is -2.23. The summed E-state index contributed by atoms with van der Waals surface area (Å²) in [5, 5.41) is 3.16. The SMILES string of the molecule is CCc1c(-c2cc(F)c(F)c(F)c2)cc2ccc#cc2c1-c1c(CBr)c(-c2cc(F)c(F)c(F)c2)cc2ccccc12. The first-order valence-corrected chi connectivity index (χ1v) is 14.1. The van der Waals surface area contributed by atoms with Crippen LogP contribution >= 0.6 is 15.9 Å². The average molecular weight is 633 g/mol. The molecule has 208 valence electrons. The lowest BCUT2D eigenvalue weighted by Crippen LogP contribution is -2.01. The summed E-state index contributed by atoms with van der Waals surface area (Å²) in [5.41, 5.74) is 4.00. The summed E-state index contributed by atoms with van der Waals surface area (Å²) in [5.74, 6) is -8.36. The zero-order valence-corrected chi connectivity index (χ0v) is 23.6. The topological polar surface area (TPSA) is 0 Å². The Hall–Kier alpha value is -4.28. The first-order valence-electron chi connectivity index (χ1n) is 13.0. The largest absolute Gasteiger partial charge is 0.204 e. The van der Waals surface area contributed by atoms with Gasteiger partial charge in [-0.05, 0) is 110 Å². The van der Waals surface area contributed by atoms with Gasteiger partial charge in [0.25, 0.3) is 0 Å². The van der Waals surface area contributed by atoms with Gasteiger partial charge in [0.05, 0.1) is 0 Å². The van der Waals surface area contributed by atoms with Crippen LogP contribution in [0, 0.1) is 47.0 Å². The van der Waals surface area contributed by atoms with Gasteiger partial charge < -0.3 is 0 Å². The van der Waals surface area contributed by atoms with Crippen LogP contribution in [-0.2, 0) is 11.8 Å². The Labute approximate surface area is 246 Å². The van der Waals surface area contributed by atoms with Gasteiger partial charge in [0.15, 0.2) is 34.9 Å².